The van der Waals surface area contributed by atoms with E-state index < -0.39 is 16.1 Å². The summed E-state index contributed by atoms with van der Waals surface area (Å²) in [5.74, 6) is -1.46. The van der Waals surface area contributed by atoms with E-state index in [1.54, 1.807) is 43.3 Å². The van der Waals surface area contributed by atoms with E-state index in [1.807, 2.05) is 6.92 Å². The molecule has 0 aliphatic heterocycles. The van der Waals surface area contributed by atoms with Crippen LogP contribution in [0.3, 0.4) is 0 Å². The number of aromatic carboxylic acids is 1. The van der Waals surface area contributed by atoms with Crippen LogP contribution in [0, 0.1) is 13.8 Å². The highest BCUT2D eigenvalue weighted by Gasteiger charge is 2.23. The van der Waals surface area contributed by atoms with Gasteiger partial charge >= 0.3 is 16.1 Å². The molecular formula is C19H16O5S. The molecule has 0 spiro atoms. The standard InChI is InChI=1S/C19H16O5S/c1-12-7-8-18(13(2)9-12)25(22,23)24-17-11-15-6-4-3-5-14(15)10-16(17)19(20)21/h3-11H,1-2H3,(H,20,21). The van der Waals surface area contributed by atoms with Crippen LogP contribution in [0.25, 0.3) is 10.8 Å². The second kappa shape index (κ2) is 6.22. The number of carbonyl (C=O) groups is 1. The fraction of sp³-hybridized carbons (Fsp3) is 0.105. The van der Waals surface area contributed by atoms with Gasteiger partial charge in [-0.15, -0.1) is 0 Å². The van der Waals surface area contributed by atoms with Crippen molar-refractivity contribution in [3.8, 4) is 5.75 Å². The van der Waals surface area contributed by atoms with Crippen molar-refractivity contribution >= 4 is 26.9 Å². The van der Waals surface area contributed by atoms with Gasteiger partial charge in [-0.2, -0.15) is 8.42 Å². The van der Waals surface area contributed by atoms with Crippen molar-refractivity contribution in [3.05, 3.63) is 71.3 Å². The molecule has 3 aromatic rings. The third-order valence-electron chi connectivity index (χ3n) is 3.88. The molecule has 0 bridgehead atoms. The van der Waals surface area contributed by atoms with Crippen LogP contribution in [-0.2, 0) is 10.1 Å². The lowest BCUT2D eigenvalue weighted by molar-refractivity contribution is 0.0695. The van der Waals surface area contributed by atoms with Crippen molar-refractivity contribution in [1.82, 2.24) is 0 Å². The molecule has 0 saturated heterocycles. The molecule has 0 radical (unpaired) electrons. The van der Waals surface area contributed by atoms with Gasteiger partial charge in [0.15, 0.2) is 5.75 Å². The summed E-state index contributed by atoms with van der Waals surface area (Å²) in [6, 6.07) is 14.8. The maximum Gasteiger partial charge on any atom is 0.339 e. The van der Waals surface area contributed by atoms with Gasteiger partial charge in [-0.3, -0.25) is 0 Å². The second-order valence-electron chi connectivity index (χ2n) is 5.81. The molecule has 0 unspecified atom stereocenters. The minimum absolute atomic E-state index is 0.0163. The number of carboxylic acid groups (broad SMARTS) is 1. The van der Waals surface area contributed by atoms with Crippen LogP contribution < -0.4 is 4.18 Å². The molecule has 6 heteroatoms. The molecule has 0 aliphatic rings. The molecule has 5 nitrogen and oxygen atoms in total. The highest BCUT2D eigenvalue weighted by Crippen LogP contribution is 2.29. The van der Waals surface area contributed by atoms with E-state index >= 15 is 0 Å². The van der Waals surface area contributed by atoms with Gasteiger partial charge in [0, 0.05) is 0 Å². The number of aryl methyl sites for hydroxylation is 2. The Morgan fingerprint density at radius 1 is 0.960 bits per heavy atom. The molecule has 3 aromatic carbocycles. The Kier molecular flexibility index (Phi) is 4.22. The van der Waals surface area contributed by atoms with Crippen molar-refractivity contribution in [1.29, 1.82) is 0 Å². The first-order valence-electron chi connectivity index (χ1n) is 7.56. The monoisotopic (exact) mass is 356 g/mol. The Morgan fingerprint density at radius 3 is 2.20 bits per heavy atom. The summed E-state index contributed by atoms with van der Waals surface area (Å²) in [6.07, 6.45) is 0. The summed E-state index contributed by atoms with van der Waals surface area (Å²) in [5, 5.41) is 10.8. The summed E-state index contributed by atoms with van der Waals surface area (Å²) >= 11 is 0. The zero-order valence-electron chi connectivity index (χ0n) is 13.7. The molecule has 25 heavy (non-hydrogen) atoms. The molecule has 0 amide bonds. The molecule has 1 N–H and O–H groups in total. The first-order chi connectivity index (χ1) is 11.8. The lowest BCUT2D eigenvalue weighted by Crippen LogP contribution is -2.13. The van der Waals surface area contributed by atoms with Crippen molar-refractivity contribution in [2.24, 2.45) is 0 Å². The first-order valence-corrected chi connectivity index (χ1v) is 8.96. The summed E-state index contributed by atoms with van der Waals surface area (Å²) in [7, 11) is -4.15. The van der Waals surface area contributed by atoms with Crippen LogP contribution >= 0.6 is 0 Å². The average Bonchev–Trinajstić information content (AvgIpc) is 2.53. The van der Waals surface area contributed by atoms with Gasteiger partial charge < -0.3 is 9.29 Å². The molecule has 0 aliphatic carbocycles. The van der Waals surface area contributed by atoms with Gasteiger partial charge in [0.1, 0.15) is 10.5 Å². The summed E-state index contributed by atoms with van der Waals surface area (Å²) < 4.78 is 30.5. The van der Waals surface area contributed by atoms with Crippen molar-refractivity contribution in [2.45, 2.75) is 18.7 Å². The Balaban J connectivity index is 2.12. The van der Waals surface area contributed by atoms with Gasteiger partial charge in [0.25, 0.3) is 0 Å². The molecule has 3 rings (SSSR count). The van der Waals surface area contributed by atoms with Crippen molar-refractivity contribution < 1.29 is 22.5 Å². The largest absolute Gasteiger partial charge is 0.478 e. The second-order valence-corrected chi connectivity index (χ2v) is 7.32. The van der Waals surface area contributed by atoms with E-state index in [1.165, 1.54) is 18.2 Å². The van der Waals surface area contributed by atoms with Crippen LogP contribution in [0.2, 0.25) is 0 Å². The van der Waals surface area contributed by atoms with Crippen molar-refractivity contribution in [2.75, 3.05) is 0 Å². The van der Waals surface area contributed by atoms with Gasteiger partial charge in [0.05, 0.1) is 0 Å². The van der Waals surface area contributed by atoms with Crippen LogP contribution in [-0.4, -0.2) is 19.5 Å². The number of rotatable bonds is 4. The molecule has 0 heterocycles. The Bertz CT molecular complexity index is 1080. The third kappa shape index (κ3) is 3.34. The quantitative estimate of drug-likeness (QED) is 0.717. The molecule has 0 atom stereocenters. The van der Waals surface area contributed by atoms with E-state index in [9.17, 15) is 18.3 Å². The Hall–Kier alpha value is -2.86. The number of benzene rings is 3. The number of hydrogen-bond donors (Lipinski definition) is 1. The summed E-state index contributed by atoms with van der Waals surface area (Å²) in [4.78, 5) is 11.5. The van der Waals surface area contributed by atoms with E-state index in [2.05, 4.69) is 0 Å². The molecule has 0 fully saturated rings. The third-order valence-corrected chi connectivity index (χ3v) is 5.27. The number of hydrogen-bond acceptors (Lipinski definition) is 4. The van der Waals surface area contributed by atoms with Crippen LogP contribution in [0.4, 0.5) is 0 Å². The maximum absolute atomic E-state index is 12.6. The fourth-order valence-electron chi connectivity index (χ4n) is 2.70. The van der Waals surface area contributed by atoms with E-state index in [4.69, 9.17) is 4.18 Å². The van der Waals surface area contributed by atoms with Crippen LogP contribution in [0.15, 0.2) is 59.5 Å². The minimum Gasteiger partial charge on any atom is -0.478 e. The molecule has 0 saturated carbocycles. The predicted molar refractivity (Wildman–Crippen MR) is 94.6 cm³/mol. The molecule has 0 aromatic heterocycles. The van der Waals surface area contributed by atoms with Gasteiger partial charge in [-0.25, -0.2) is 4.79 Å². The van der Waals surface area contributed by atoms with Crippen molar-refractivity contribution in [3.63, 3.8) is 0 Å². The fourth-order valence-corrected chi connectivity index (χ4v) is 3.85. The highest BCUT2D eigenvalue weighted by atomic mass is 32.2. The number of fused-ring (bicyclic) bond motifs is 1. The smallest absolute Gasteiger partial charge is 0.339 e. The Labute approximate surface area is 145 Å². The van der Waals surface area contributed by atoms with Gasteiger partial charge in [0.2, 0.25) is 0 Å². The zero-order chi connectivity index (χ0) is 18.2. The minimum atomic E-state index is -4.15. The summed E-state index contributed by atoms with van der Waals surface area (Å²) in [6.45, 7) is 3.53. The maximum atomic E-state index is 12.6. The SMILES string of the molecule is Cc1ccc(S(=O)(=O)Oc2cc3ccccc3cc2C(=O)O)c(C)c1. The Morgan fingerprint density at radius 2 is 1.60 bits per heavy atom. The van der Waals surface area contributed by atoms with Gasteiger partial charge in [-0.1, -0.05) is 42.0 Å². The molecular weight excluding hydrogens is 340 g/mol. The van der Waals surface area contributed by atoms with E-state index in [0.29, 0.717) is 16.3 Å². The van der Waals surface area contributed by atoms with Crippen LogP contribution in [0.1, 0.15) is 21.5 Å². The lowest BCUT2D eigenvalue weighted by atomic mass is 10.1. The van der Waals surface area contributed by atoms with Gasteiger partial charge in [-0.05, 0) is 48.4 Å². The summed E-state index contributed by atoms with van der Waals surface area (Å²) in [5.41, 5.74) is 1.26. The van der Waals surface area contributed by atoms with E-state index in [-0.39, 0.29) is 16.2 Å². The molecule has 128 valence electrons. The topological polar surface area (TPSA) is 80.7 Å². The highest BCUT2D eigenvalue weighted by molar-refractivity contribution is 7.87. The van der Waals surface area contributed by atoms with Crippen LogP contribution in [0.5, 0.6) is 5.75 Å². The number of carboxylic acids is 1. The first kappa shape index (κ1) is 17.0. The van der Waals surface area contributed by atoms with E-state index in [0.717, 1.165) is 5.56 Å². The lowest BCUT2D eigenvalue weighted by Gasteiger charge is -2.12. The zero-order valence-corrected chi connectivity index (χ0v) is 14.5. The normalized spacial score (nSPS) is 11.4. The predicted octanol–water partition coefficient (Wildman–Crippen LogP) is 3.92. The average molecular weight is 356 g/mol.